The van der Waals surface area contributed by atoms with E-state index in [1.54, 1.807) is 4.68 Å². The Morgan fingerprint density at radius 1 is 1.26 bits per heavy atom. The van der Waals surface area contributed by atoms with E-state index in [4.69, 9.17) is 4.74 Å². The second-order valence-electron chi connectivity index (χ2n) is 7.29. The van der Waals surface area contributed by atoms with Crippen LogP contribution in [0.15, 0.2) is 36.4 Å². The minimum Gasteiger partial charge on any atom is -0.494 e. The predicted octanol–water partition coefficient (Wildman–Crippen LogP) is 4.94. The summed E-state index contributed by atoms with van der Waals surface area (Å²) in [5, 5.41) is 8.03. The Bertz CT molecular complexity index is 1330. The van der Waals surface area contributed by atoms with Crippen LogP contribution in [0.1, 0.15) is 36.1 Å². The Labute approximate surface area is 180 Å². The second-order valence-corrected chi connectivity index (χ2v) is 8.30. The van der Waals surface area contributed by atoms with Crippen LogP contribution in [-0.4, -0.2) is 27.3 Å². The number of amides is 1. The van der Waals surface area contributed by atoms with E-state index in [9.17, 15) is 13.6 Å². The first-order valence-electron chi connectivity index (χ1n) is 9.82. The smallest absolute Gasteiger partial charge is 0.226 e. The van der Waals surface area contributed by atoms with Crippen LogP contribution < -0.4 is 10.1 Å². The molecule has 0 spiro atoms. The van der Waals surface area contributed by atoms with Crippen molar-refractivity contribution >= 4 is 33.3 Å². The van der Waals surface area contributed by atoms with E-state index in [0.717, 1.165) is 22.0 Å². The summed E-state index contributed by atoms with van der Waals surface area (Å²) < 4.78 is 36.0. The summed E-state index contributed by atoms with van der Waals surface area (Å²) in [5.41, 5.74) is 2.41. The zero-order valence-corrected chi connectivity index (χ0v) is 17.6. The molecule has 2 aromatic carbocycles. The molecular formula is C22H18F2N4O2S. The van der Waals surface area contributed by atoms with Gasteiger partial charge in [0.15, 0.2) is 0 Å². The van der Waals surface area contributed by atoms with Crippen molar-refractivity contribution in [1.29, 1.82) is 0 Å². The number of aromatic nitrogens is 3. The van der Waals surface area contributed by atoms with Crippen LogP contribution in [-0.2, 0) is 4.79 Å². The number of hydrogen-bond acceptors (Lipinski definition) is 5. The normalized spacial score (nSPS) is 15.7. The van der Waals surface area contributed by atoms with Gasteiger partial charge >= 0.3 is 0 Å². The third kappa shape index (κ3) is 3.34. The van der Waals surface area contributed by atoms with Crippen molar-refractivity contribution in [3.63, 3.8) is 0 Å². The summed E-state index contributed by atoms with van der Waals surface area (Å²) >= 11 is 1.41. The molecule has 0 aliphatic carbocycles. The number of halogens is 2. The lowest BCUT2D eigenvalue weighted by molar-refractivity contribution is -0.116. The van der Waals surface area contributed by atoms with Crippen LogP contribution in [0.25, 0.3) is 15.3 Å². The van der Waals surface area contributed by atoms with Gasteiger partial charge in [0.05, 0.1) is 22.5 Å². The van der Waals surface area contributed by atoms with Gasteiger partial charge in [-0.3, -0.25) is 4.79 Å². The third-order valence-electron chi connectivity index (χ3n) is 5.28. The molecule has 1 atom stereocenters. The van der Waals surface area contributed by atoms with E-state index in [-0.39, 0.29) is 17.9 Å². The maximum Gasteiger partial charge on any atom is 0.226 e. The molecule has 4 aromatic rings. The number of nitrogens with zero attached hydrogens (tertiary/aromatic N) is 3. The largest absolute Gasteiger partial charge is 0.494 e. The van der Waals surface area contributed by atoms with Crippen LogP contribution in [0.4, 0.5) is 14.6 Å². The molecule has 1 aliphatic rings. The molecule has 158 valence electrons. The maximum atomic E-state index is 14.5. The molecule has 5 rings (SSSR count). The van der Waals surface area contributed by atoms with E-state index >= 15 is 0 Å². The van der Waals surface area contributed by atoms with Gasteiger partial charge in [-0.2, -0.15) is 9.78 Å². The maximum absolute atomic E-state index is 14.5. The van der Waals surface area contributed by atoms with Gasteiger partial charge in [-0.25, -0.2) is 13.8 Å². The number of carbonyl (C=O) groups is 1. The van der Waals surface area contributed by atoms with Crippen molar-refractivity contribution in [3.05, 3.63) is 64.9 Å². The monoisotopic (exact) mass is 440 g/mol. The van der Waals surface area contributed by atoms with Crippen molar-refractivity contribution in [3.8, 4) is 10.9 Å². The van der Waals surface area contributed by atoms with Gasteiger partial charge in [-0.15, -0.1) is 0 Å². The Hall–Kier alpha value is -3.33. The van der Waals surface area contributed by atoms with E-state index in [1.807, 2.05) is 32.0 Å². The number of anilines is 1. The lowest BCUT2D eigenvalue weighted by atomic mass is 9.85. The number of carbonyl (C=O) groups excluding carboxylic acids is 1. The highest BCUT2D eigenvalue weighted by Crippen LogP contribution is 2.42. The van der Waals surface area contributed by atoms with E-state index in [0.29, 0.717) is 28.8 Å². The Balaban J connectivity index is 1.63. The third-order valence-corrected chi connectivity index (χ3v) is 6.27. The van der Waals surface area contributed by atoms with E-state index in [1.165, 1.54) is 23.5 Å². The number of benzene rings is 2. The average Bonchev–Trinajstić information content (AvgIpc) is 3.28. The minimum absolute atomic E-state index is 0.0552. The fourth-order valence-corrected chi connectivity index (χ4v) is 4.93. The molecule has 6 nitrogen and oxygen atoms in total. The Kier molecular flexibility index (Phi) is 4.70. The van der Waals surface area contributed by atoms with Gasteiger partial charge in [0.1, 0.15) is 23.2 Å². The van der Waals surface area contributed by atoms with Crippen molar-refractivity contribution in [2.24, 2.45) is 0 Å². The van der Waals surface area contributed by atoms with E-state index < -0.39 is 17.6 Å². The molecule has 1 aliphatic heterocycles. The molecule has 1 N–H and O–H groups in total. The highest BCUT2D eigenvalue weighted by atomic mass is 32.1. The molecule has 31 heavy (non-hydrogen) atoms. The molecule has 1 amide bonds. The summed E-state index contributed by atoms with van der Waals surface area (Å²) in [4.78, 5) is 17.1. The lowest BCUT2D eigenvalue weighted by Gasteiger charge is -2.24. The molecule has 0 radical (unpaired) electrons. The predicted molar refractivity (Wildman–Crippen MR) is 114 cm³/mol. The fourth-order valence-electron chi connectivity index (χ4n) is 3.98. The van der Waals surface area contributed by atoms with Crippen LogP contribution >= 0.6 is 11.3 Å². The van der Waals surface area contributed by atoms with Gasteiger partial charge in [0.2, 0.25) is 11.0 Å². The summed E-state index contributed by atoms with van der Waals surface area (Å²) in [6.07, 6.45) is 0.0552. The number of aryl methyl sites for hydroxylation is 1. The first kappa shape index (κ1) is 19.6. The van der Waals surface area contributed by atoms with Gasteiger partial charge in [-0.05, 0) is 43.7 Å². The minimum atomic E-state index is -0.679. The van der Waals surface area contributed by atoms with Gasteiger partial charge in [0.25, 0.3) is 0 Å². The lowest BCUT2D eigenvalue weighted by Crippen LogP contribution is -2.25. The molecular weight excluding hydrogens is 422 g/mol. The standard InChI is InChI=1S/C22H18F2N4O2S/c1-3-30-13-5-7-17-18(9-13)31-22(25-17)28-21-20(11(2)27-28)15(10-19(29)26-21)14-6-4-12(23)8-16(14)24/h4-9,15H,3,10H2,1-2H3,(H,26,29)/t15-/m0/s1. The molecule has 0 fully saturated rings. The van der Waals surface area contributed by atoms with Crippen LogP contribution in [0, 0.1) is 18.6 Å². The van der Waals surface area contributed by atoms with Crippen LogP contribution in [0.5, 0.6) is 5.75 Å². The first-order valence-corrected chi connectivity index (χ1v) is 10.6. The fraction of sp³-hybridized carbons (Fsp3) is 0.227. The number of fused-ring (bicyclic) bond motifs is 2. The summed E-state index contributed by atoms with van der Waals surface area (Å²) in [6, 6.07) is 9.07. The van der Waals surface area contributed by atoms with Gasteiger partial charge in [-0.1, -0.05) is 17.4 Å². The highest BCUT2D eigenvalue weighted by molar-refractivity contribution is 7.20. The van der Waals surface area contributed by atoms with Crippen LogP contribution in [0.3, 0.4) is 0 Å². The molecule has 0 saturated carbocycles. The Morgan fingerprint density at radius 3 is 2.87 bits per heavy atom. The SMILES string of the molecule is CCOc1ccc2nc(-n3nc(C)c4c3NC(=O)C[C@H]4c3ccc(F)cc3F)sc2c1. The number of hydrogen-bond donors (Lipinski definition) is 1. The zero-order valence-electron chi connectivity index (χ0n) is 16.8. The molecule has 0 bridgehead atoms. The van der Waals surface area contributed by atoms with Crippen molar-refractivity contribution in [2.75, 3.05) is 11.9 Å². The van der Waals surface area contributed by atoms with Crippen LogP contribution in [0.2, 0.25) is 0 Å². The molecule has 9 heteroatoms. The second kappa shape index (κ2) is 7.42. The van der Waals surface area contributed by atoms with Crippen molar-refractivity contribution in [1.82, 2.24) is 14.8 Å². The number of rotatable bonds is 4. The summed E-state index contributed by atoms with van der Waals surface area (Å²) in [7, 11) is 0. The summed E-state index contributed by atoms with van der Waals surface area (Å²) in [5.74, 6) is -0.939. The topological polar surface area (TPSA) is 69.0 Å². The Morgan fingerprint density at radius 2 is 2.10 bits per heavy atom. The first-order chi connectivity index (χ1) is 14.9. The number of thiazole rings is 1. The van der Waals surface area contributed by atoms with Crippen molar-refractivity contribution < 1.29 is 18.3 Å². The molecule has 3 heterocycles. The van der Waals surface area contributed by atoms with Gasteiger partial charge < -0.3 is 10.1 Å². The van der Waals surface area contributed by atoms with Gasteiger partial charge in [0, 0.05) is 24.0 Å². The molecule has 0 unspecified atom stereocenters. The zero-order chi connectivity index (χ0) is 21.7. The molecule has 0 saturated heterocycles. The van der Waals surface area contributed by atoms with Crippen molar-refractivity contribution in [2.45, 2.75) is 26.2 Å². The molecule has 2 aromatic heterocycles. The highest BCUT2D eigenvalue weighted by Gasteiger charge is 2.34. The number of ether oxygens (including phenoxy) is 1. The van der Waals surface area contributed by atoms with E-state index in [2.05, 4.69) is 15.4 Å². The summed E-state index contributed by atoms with van der Waals surface area (Å²) in [6.45, 7) is 4.29. The number of nitrogens with one attached hydrogen (secondary N) is 1. The quantitative estimate of drug-likeness (QED) is 0.488. The average molecular weight is 440 g/mol.